The molecule has 1 rings (SSSR count). The van der Waals surface area contributed by atoms with Crippen molar-refractivity contribution < 1.29 is 28.6 Å². The maximum atomic E-state index is 13.5. The fourth-order valence-corrected chi connectivity index (χ4v) is 1.65. The lowest BCUT2D eigenvalue weighted by molar-refractivity contribution is -0.138. The van der Waals surface area contributed by atoms with Gasteiger partial charge in [0.05, 0.1) is 6.42 Å². The number of hydrogen-bond acceptors (Lipinski definition) is 2. The maximum Gasteiger partial charge on any atom is 0.341 e. The molecule has 0 bridgehead atoms. The number of carboxylic acids is 2. The Morgan fingerprint density at radius 3 is 1.94 bits per heavy atom. The number of carboxylic acid groups (broad SMARTS) is 2. The molecule has 0 aliphatic rings. The smallest absolute Gasteiger partial charge is 0.341 e. The fourth-order valence-electron chi connectivity index (χ4n) is 1.65. The zero-order chi connectivity index (χ0) is 14.1. The average Bonchev–Trinajstić information content (AvgIpc) is 2.13. The molecular formula is C12H12F2O4. The Kier molecular flexibility index (Phi) is 3.69. The molecule has 0 fully saturated rings. The van der Waals surface area contributed by atoms with Gasteiger partial charge < -0.3 is 10.2 Å². The highest BCUT2D eigenvalue weighted by molar-refractivity contribution is 5.88. The minimum Gasteiger partial charge on any atom is -0.481 e. The summed E-state index contributed by atoms with van der Waals surface area (Å²) in [5.74, 6) is -5.23. The van der Waals surface area contributed by atoms with Gasteiger partial charge in [-0.3, -0.25) is 4.79 Å². The molecule has 0 saturated heterocycles. The quantitative estimate of drug-likeness (QED) is 0.869. The molecule has 2 N–H and O–H groups in total. The summed E-state index contributed by atoms with van der Waals surface area (Å²) in [5.41, 5.74) is -1.93. The predicted octanol–water partition coefficient (Wildman–Crippen LogP) is 2.42. The summed E-state index contributed by atoms with van der Waals surface area (Å²) in [7, 11) is 0. The van der Waals surface area contributed by atoms with Crippen LogP contribution >= 0.6 is 0 Å². The van der Waals surface area contributed by atoms with Gasteiger partial charge in [0.2, 0.25) is 0 Å². The standard InChI is InChI=1S/C12H12F2O4/c1-12(2,5-9(15)16)6-3-7(13)10(11(17)18)8(14)4-6/h3-4H,5H2,1-2H3,(H,15,16)(H,17,18). The van der Waals surface area contributed by atoms with Gasteiger partial charge in [-0.25, -0.2) is 13.6 Å². The van der Waals surface area contributed by atoms with E-state index in [-0.39, 0.29) is 12.0 Å². The lowest BCUT2D eigenvalue weighted by Crippen LogP contribution is -2.22. The highest BCUT2D eigenvalue weighted by Crippen LogP contribution is 2.29. The third-order valence-corrected chi connectivity index (χ3v) is 2.63. The van der Waals surface area contributed by atoms with Crippen LogP contribution in [0.5, 0.6) is 0 Å². The van der Waals surface area contributed by atoms with E-state index >= 15 is 0 Å². The highest BCUT2D eigenvalue weighted by atomic mass is 19.1. The largest absolute Gasteiger partial charge is 0.481 e. The Labute approximate surface area is 102 Å². The zero-order valence-electron chi connectivity index (χ0n) is 9.83. The van der Waals surface area contributed by atoms with Crippen molar-refractivity contribution in [2.75, 3.05) is 0 Å². The summed E-state index contributed by atoms with van der Waals surface area (Å²) in [6.45, 7) is 3.02. The molecular weight excluding hydrogens is 246 g/mol. The molecule has 98 valence electrons. The molecule has 6 heteroatoms. The predicted molar refractivity (Wildman–Crippen MR) is 58.6 cm³/mol. The molecule has 1 aromatic rings. The second-order valence-corrected chi connectivity index (χ2v) is 4.57. The van der Waals surface area contributed by atoms with E-state index in [1.54, 1.807) is 0 Å². The van der Waals surface area contributed by atoms with E-state index in [9.17, 15) is 18.4 Å². The number of benzene rings is 1. The van der Waals surface area contributed by atoms with Crippen LogP contribution < -0.4 is 0 Å². The topological polar surface area (TPSA) is 74.6 Å². The van der Waals surface area contributed by atoms with Gasteiger partial charge >= 0.3 is 11.9 Å². The molecule has 1 aromatic carbocycles. The molecule has 0 amide bonds. The van der Waals surface area contributed by atoms with Crippen molar-refractivity contribution in [3.63, 3.8) is 0 Å². The molecule has 0 radical (unpaired) electrons. The number of aliphatic carboxylic acids is 1. The minimum absolute atomic E-state index is 0.102. The minimum atomic E-state index is -1.70. The number of carbonyl (C=O) groups is 2. The van der Waals surface area contributed by atoms with Crippen LogP contribution in [0.3, 0.4) is 0 Å². The van der Waals surface area contributed by atoms with Gasteiger partial charge in [-0.05, 0) is 17.7 Å². The van der Waals surface area contributed by atoms with Gasteiger partial charge in [0.25, 0.3) is 0 Å². The molecule has 18 heavy (non-hydrogen) atoms. The van der Waals surface area contributed by atoms with E-state index in [1.807, 2.05) is 0 Å². The van der Waals surface area contributed by atoms with Crippen molar-refractivity contribution in [1.29, 1.82) is 0 Å². The number of aromatic carboxylic acids is 1. The normalized spacial score (nSPS) is 11.3. The maximum absolute atomic E-state index is 13.5. The molecule has 0 aliphatic carbocycles. The molecule has 0 aliphatic heterocycles. The van der Waals surface area contributed by atoms with Gasteiger partial charge in [-0.1, -0.05) is 13.8 Å². The van der Waals surface area contributed by atoms with Crippen LogP contribution in [0.1, 0.15) is 36.2 Å². The monoisotopic (exact) mass is 258 g/mol. The summed E-state index contributed by atoms with van der Waals surface area (Å²) in [4.78, 5) is 21.3. The zero-order valence-corrected chi connectivity index (χ0v) is 9.83. The first-order chi connectivity index (χ1) is 8.15. The molecule has 0 spiro atoms. The Bertz CT molecular complexity index is 486. The summed E-state index contributed by atoms with van der Waals surface area (Å²) >= 11 is 0. The first kappa shape index (κ1) is 14.1. The van der Waals surface area contributed by atoms with Crippen LogP contribution in [0.2, 0.25) is 0 Å². The van der Waals surface area contributed by atoms with Crippen molar-refractivity contribution in [3.8, 4) is 0 Å². The Balaban J connectivity index is 3.29. The van der Waals surface area contributed by atoms with Crippen LogP contribution in [0.15, 0.2) is 12.1 Å². The van der Waals surface area contributed by atoms with Gasteiger partial charge in [-0.2, -0.15) is 0 Å². The lowest BCUT2D eigenvalue weighted by Gasteiger charge is -2.23. The first-order valence-electron chi connectivity index (χ1n) is 5.10. The van der Waals surface area contributed by atoms with E-state index in [0.29, 0.717) is 0 Å². The van der Waals surface area contributed by atoms with Gasteiger partial charge in [0, 0.05) is 5.41 Å². The van der Waals surface area contributed by atoms with Crippen molar-refractivity contribution in [2.45, 2.75) is 25.7 Å². The van der Waals surface area contributed by atoms with Crippen molar-refractivity contribution in [2.24, 2.45) is 0 Å². The molecule has 0 aromatic heterocycles. The van der Waals surface area contributed by atoms with E-state index < -0.39 is 34.6 Å². The molecule has 0 heterocycles. The van der Waals surface area contributed by atoms with Crippen molar-refractivity contribution >= 4 is 11.9 Å². The summed E-state index contributed by atoms with van der Waals surface area (Å²) < 4.78 is 26.9. The Hall–Kier alpha value is -1.98. The van der Waals surface area contributed by atoms with E-state index in [1.165, 1.54) is 13.8 Å². The van der Waals surface area contributed by atoms with Gasteiger partial charge in [-0.15, -0.1) is 0 Å². The van der Waals surface area contributed by atoms with Crippen LogP contribution in [-0.2, 0) is 10.2 Å². The van der Waals surface area contributed by atoms with E-state index in [2.05, 4.69) is 0 Å². The summed E-state index contributed by atoms with van der Waals surface area (Å²) in [6, 6.07) is 1.71. The molecule has 0 unspecified atom stereocenters. The number of hydrogen-bond donors (Lipinski definition) is 2. The van der Waals surface area contributed by atoms with Crippen LogP contribution in [-0.4, -0.2) is 22.2 Å². The van der Waals surface area contributed by atoms with Crippen LogP contribution in [0, 0.1) is 11.6 Å². The third kappa shape index (κ3) is 2.82. The molecule has 0 atom stereocenters. The van der Waals surface area contributed by atoms with Crippen LogP contribution in [0.4, 0.5) is 8.78 Å². The summed E-state index contributed by atoms with van der Waals surface area (Å²) in [6.07, 6.45) is -0.321. The second-order valence-electron chi connectivity index (χ2n) is 4.57. The molecule has 4 nitrogen and oxygen atoms in total. The fraction of sp³-hybridized carbons (Fsp3) is 0.333. The van der Waals surface area contributed by atoms with Gasteiger partial charge in [0.1, 0.15) is 17.2 Å². The molecule has 0 saturated carbocycles. The number of rotatable bonds is 4. The van der Waals surface area contributed by atoms with E-state index in [4.69, 9.17) is 10.2 Å². The third-order valence-electron chi connectivity index (χ3n) is 2.63. The Morgan fingerprint density at radius 2 is 1.61 bits per heavy atom. The van der Waals surface area contributed by atoms with Crippen molar-refractivity contribution in [3.05, 3.63) is 34.9 Å². The second kappa shape index (κ2) is 4.72. The highest BCUT2D eigenvalue weighted by Gasteiger charge is 2.28. The lowest BCUT2D eigenvalue weighted by atomic mass is 9.81. The van der Waals surface area contributed by atoms with E-state index in [0.717, 1.165) is 12.1 Å². The first-order valence-corrected chi connectivity index (χ1v) is 5.10. The SMILES string of the molecule is CC(C)(CC(=O)O)c1cc(F)c(C(=O)O)c(F)c1. The van der Waals surface area contributed by atoms with Gasteiger partial charge in [0.15, 0.2) is 0 Å². The average molecular weight is 258 g/mol. The Morgan fingerprint density at radius 1 is 1.17 bits per heavy atom. The van der Waals surface area contributed by atoms with Crippen molar-refractivity contribution in [1.82, 2.24) is 0 Å². The summed E-state index contributed by atoms with van der Waals surface area (Å²) in [5, 5.41) is 17.3. The van der Waals surface area contributed by atoms with Crippen LogP contribution in [0.25, 0.3) is 0 Å². The number of halogens is 2.